The third-order valence-corrected chi connectivity index (χ3v) is 7.50. The number of hydrogen-bond acceptors (Lipinski definition) is 5. The van der Waals surface area contributed by atoms with Crippen LogP contribution in [0.25, 0.3) is 0 Å². The fourth-order valence-corrected chi connectivity index (χ4v) is 5.94. The molecule has 31 heavy (non-hydrogen) atoms. The molecule has 0 N–H and O–H groups in total. The average Bonchev–Trinajstić information content (AvgIpc) is 3.45. The largest absolute Gasteiger partial charge is 0.341 e. The molecule has 3 aliphatic heterocycles. The van der Waals surface area contributed by atoms with Crippen LogP contribution in [0.3, 0.4) is 0 Å². The van der Waals surface area contributed by atoms with Gasteiger partial charge in [0.15, 0.2) is 0 Å². The fourth-order valence-electron chi connectivity index (χ4n) is 5.94. The summed E-state index contributed by atoms with van der Waals surface area (Å²) in [6.45, 7) is 7.75. The first-order valence-corrected chi connectivity index (χ1v) is 11.8. The molecule has 1 spiro atoms. The van der Waals surface area contributed by atoms with Crippen molar-refractivity contribution in [2.75, 3.05) is 45.8 Å². The van der Waals surface area contributed by atoms with Crippen LogP contribution in [0.15, 0.2) is 49.1 Å². The number of likely N-dealkylation sites (tertiary alicyclic amines) is 3. The zero-order valence-electron chi connectivity index (χ0n) is 18.3. The van der Waals surface area contributed by atoms with Crippen molar-refractivity contribution in [3.8, 4) is 0 Å². The van der Waals surface area contributed by atoms with Crippen molar-refractivity contribution >= 4 is 5.91 Å². The fraction of sp³-hybridized carbons (Fsp3) is 0.560. The predicted octanol–water partition coefficient (Wildman–Crippen LogP) is 2.78. The van der Waals surface area contributed by atoms with Crippen LogP contribution in [-0.2, 0) is 11.3 Å². The predicted molar refractivity (Wildman–Crippen MR) is 120 cm³/mol. The van der Waals surface area contributed by atoms with Crippen LogP contribution in [0.2, 0.25) is 0 Å². The van der Waals surface area contributed by atoms with E-state index in [0.717, 1.165) is 52.1 Å². The molecular formula is C25H33N5O. The molecule has 3 saturated heterocycles. The molecule has 2 aromatic rings. The Labute approximate surface area is 185 Å². The highest BCUT2D eigenvalue weighted by Crippen LogP contribution is 2.49. The van der Waals surface area contributed by atoms with Gasteiger partial charge in [-0.2, -0.15) is 0 Å². The number of amides is 1. The Morgan fingerprint density at radius 3 is 2.55 bits per heavy atom. The van der Waals surface area contributed by atoms with E-state index in [1.165, 1.54) is 37.1 Å². The highest BCUT2D eigenvalue weighted by Gasteiger charge is 2.55. The van der Waals surface area contributed by atoms with Gasteiger partial charge in [-0.1, -0.05) is 6.07 Å². The molecule has 0 aliphatic carbocycles. The van der Waals surface area contributed by atoms with E-state index in [1.807, 2.05) is 30.9 Å². The van der Waals surface area contributed by atoms with Gasteiger partial charge >= 0.3 is 0 Å². The van der Waals surface area contributed by atoms with Gasteiger partial charge in [0.2, 0.25) is 5.91 Å². The topological polar surface area (TPSA) is 52.6 Å². The maximum Gasteiger partial charge on any atom is 0.230 e. The molecule has 0 unspecified atom stereocenters. The molecule has 3 fully saturated rings. The molecule has 0 aromatic carbocycles. The summed E-state index contributed by atoms with van der Waals surface area (Å²) in [6.07, 6.45) is 12.2. The Kier molecular flexibility index (Phi) is 6.01. The highest BCUT2D eigenvalue weighted by atomic mass is 16.2. The number of aromatic nitrogens is 2. The van der Waals surface area contributed by atoms with Crippen molar-refractivity contribution in [2.24, 2.45) is 5.41 Å². The van der Waals surface area contributed by atoms with Gasteiger partial charge in [-0.05, 0) is 68.1 Å². The van der Waals surface area contributed by atoms with Crippen molar-refractivity contribution in [1.29, 1.82) is 0 Å². The minimum Gasteiger partial charge on any atom is -0.341 e. The number of pyridine rings is 2. The van der Waals surface area contributed by atoms with Gasteiger partial charge in [0, 0.05) is 70.0 Å². The Hall–Kier alpha value is -2.31. The zero-order chi connectivity index (χ0) is 21.1. The van der Waals surface area contributed by atoms with E-state index in [0.29, 0.717) is 5.91 Å². The van der Waals surface area contributed by atoms with E-state index in [1.54, 1.807) is 0 Å². The van der Waals surface area contributed by atoms with Crippen molar-refractivity contribution < 1.29 is 4.79 Å². The molecule has 2 atom stereocenters. The number of rotatable bonds is 6. The number of carbonyl (C=O) groups is 1. The summed E-state index contributed by atoms with van der Waals surface area (Å²) in [6, 6.07) is 8.32. The number of nitrogens with zero attached hydrogens (tertiary/aromatic N) is 5. The van der Waals surface area contributed by atoms with E-state index in [2.05, 4.69) is 42.9 Å². The summed E-state index contributed by atoms with van der Waals surface area (Å²) < 4.78 is 0. The Morgan fingerprint density at radius 2 is 1.77 bits per heavy atom. The normalized spacial score (nSPS) is 27.4. The minimum absolute atomic E-state index is 0.199. The number of piperidine rings is 1. The Bertz CT molecular complexity index is 870. The molecule has 5 rings (SSSR count). The van der Waals surface area contributed by atoms with Gasteiger partial charge in [-0.25, -0.2) is 0 Å². The summed E-state index contributed by atoms with van der Waals surface area (Å²) >= 11 is 0. The Morgan fingerprint density at radius 1 is 0.935 bits per heavy atom. The lowest BCUT2D eigenvalue weighted by atomic mass is 9.69. The quantitative estimate of drug-likeness (QED) is 0.721. The van der Waals surface area contributed by atoms with E-state index in [4.69, 9.17) is 0 Å². The molecule has 3 aliphatic rings. The van der Waals surface area contributed by atoms with Gasteiger partial charge in [-0.15, -0.1) is 0 Å². The number of hydrogen-bond donors (Lipinski definition) is 0. The molecule has 164 valence electrons. The third-order valence-electron chi connectivity index (χ3n) is 7.50. The Balaban J connectivity index is 1.38. The molecular weight excluding hydrogens is 386 g/mol. The smallest absolute Gasteiger partial charge is 0.230 e. The van der Waals surface area contributed by atoms with Crippen LogP contribution < -0.4 is 0 Å². The van der Waals surface area contributed by atoms with E-state index in [-0.39, 0.29) is 11.3 Å². The highest BCUT2D eigenvalue weighted by molar-refractivity contribution is 5.85. The third kappa shape index (κ3) is 4.23. The molecule has 0 bridgehead atoms. The molecule has 1 amide bonds. The van der Waals surface area contributed by atoms with Crippen LogP contribution in [0, 0.1) is 5.41 Å². The molecule has 6 nitrogen and oxygen atoms in total. The lowest BCUT2D eigenvalue weighted by molar-refractivity contribution is -0.146. The summed E-state index contributed by atoms with van der Waals surface area (Å²) in [7, 11) is 0. The first-order valence-electron chi connectivity index (χ1n) is 11.8. The van der Waals surface area contributed by atoms with Crippen LogP contribution in [0.4, 0.5) is 0 Å². The second-order valence-corrected chi connectivity index (χ2v) is 9.46. The van der Waals surface area contributed by atoms with Gasteiger partial charge in [-0.3, -0.25) is 19.7 Å². The maximum absolute atomic E-state index is 14.0. The zero-order valence-corrected chi connectivity index (χ0v) is 18.3. The van der Waals surface area contributed by atoms with Crippen LogP contribution in [-0.4, -0.2) is 76.4 Å². The summed E-state index contributed by atoms with van der Waals surface area (Å²) in [5, 5.41) is 0. The average molecular weight is 420 g/mol. The van der Waals surface area contributed by atoms with Crippen molar-refractivity contribution in [3.63, 3.8) is 0 Å². The summed E-state index contributed by atoms with van der Waals surface area (Å²) in [4.78, 5) is 29.7. The van der Waals surface area contributed by atoms with E-state index < -0.39 is 0 Å². The second-order valence-electron chi connectivity index (χ2n) is 9.46. The lowest BCUT2D eigenvalue weighted by Gasteiger charge is -2.43. The minimum atomic E-state index is -0.334. The van der Waals surface area contributed by atoms with Crippen LogP contribution >= 0.6 is 0 Å². The summed E-state index contributed by atoms with van der Waals surface area (Å²) in [5.41, 5.74) is 2.12. The molecule has 0 radical (unpaired) electrons. The van der Waals surface area contributed by atoms with Gasteiger partial charge in [0.25, 0.3) is 0 Å². The molecule has 0 saturated carbocycles. The standard InChI is InChI=1S/C25H33N5O/c31-24-25(8-4-14-30(24)16-15-28-12-1-2-13-28)20-29(18-21-6-10-26-11-7-21)19-23(25)22-5-3-9-27-17-22/h3,5-7,9-11,17,23H,1-2,4,8,12-16,18-20H2/t23-,25+/m1/s1. The first-order chi connectivity index (χ1) is 15.2. The lowest BCUT2D eigenvalue weighted by Crippen LogP contribution is -2.53. The van der Waals surface area contributed by atoms with E-state index in [9.17, 15) is 4.79 Å². The monoisotopic (exact) mass is 419 g/mol. The van der Waals surface area contributed by atoms with Gasteiger partial charge in [0.05, 0.1) is 5.41 Å². The second kappa shape index (κ2) is 9.05. The SMILES string of the molecule is O=C1N(CCN2CCCC2)CCC[C@@]12CN(Cc1ccncc1)C[C@@H]2c1cccnc1. The molecule has 2 aromatic heterocycles. The van der Waals surface area contributed by atoms with Crippen LogP contribution in [0.5, 0.6) is 0 Å². The van der Waals surface area contributed by atoms with Crippen molar-refractivity contribution in [2.45, 2.75) is 38.1 Å². The maximum atomic E-state index is 14.0. The van der Waals surface area contributed by atoms with Crippen LogP contribution in [0.1, 0.15) is 42.7 Å². The van der Waals surface area contributed by atoms with Gasteiger partial charge in [0.1, 0.15) is 0 Å². The first kappa shape index (κ1) is 20.6. The number of carbonyl (C=O) groups excluding carboxylic acids is 1. The molecule has 5 heterocycles. The van der Waals surface area contributed by atoms with Crippen molar-refractivity contribution in [3.05, 3.63) is 60.2 Å². The van der Waals surface area contributed by atoms with Gasteiger partial charge < -0.3 is 9.80 Å². The summed E-state index contributed by atoms with van der Waals surface area (Å²) in [5.74, 6) is 0.564. The van der Waals surface area contributed by atoms with E-state index >= 15 is 0 Å². The van der Waals surface area contributed by atoms with Crippen molar-refractivity contribution in [1.82, 2.24) is 24.7 Å². The molecule has 6 heteroatoms.